The number of hydrogen-bond donors (Lipinski definition) is 1. The van der Waals surface area contributed by atoms with Crippen molar-refractivity contribution in [3.8, 4) is 0 Å². The number of hydrazine groups is 1. The SMILES string of the molecule is CSC1=NN(C)C(C(C)(C)C)C(=O)N1N. The summed E-state index contributed by atoms with van der Waals surface area (Å²) < 4.78 is 0. The number of amidine groups is 1. The molecule has 0 radical (unpaired) electrons. The first kappa shape index (κ1) is 12.3. The number of hydrogen-bond acceptors (Lipinski definition) is 5. The lowest BCUT2D eigenvalue weighted by atomic mass is 9.85. The van der Waals surface area contributed by atoms with Crippen molar-refractivity contribution >= 4 is 22.8 Å². The Morgan fingerprint density at radius 3 is 2.40 bits per heavy atom. The van der Waals surface area contributed by atoms with Gasteiger partial charge in [0.05, 0.1) is 0 Å². The zero-order valence-electron chi connectivity index (χ0n) is 9.81. The third kappa shape index (κ3) is 2.26. The summed E-state index contributed by atoms with van der Waals surface area (Å²) in [5, 5.41) is 7.64. The van der Waals surface area contributed by atoms with Gasteiger partial charge in [0.1, 0.15) is 6.04 Å². The van der Waals surface area contributed by atoms with Crippen LogP contribution in [0.15, 0.2) is 5.10 Å². The summed E-state index contributed by atoms with van der Waals surface area (Å²) in [6.45, 7) is 6.00. The number of hydrazone groups is 1. The van der Waals surface area contributed by atoms with E-state index in [2.05, 4.69) is 5.10 Å². The number of carbonyl (C=O) groups excluding carboxylic acids is 1. The van der Waals surface area contributed by atoms with E-state index < -0.39 is 0 Å². The average molecular weight is 230 g/mol. The van der Waals surface area contributed by atoms with E-state index in [4.69, 9.17) is 5.84 Å². The van der Waals surface area contributed by atoms with Gasteiger partial charge in [-0.1, -0.05) is 32.5 Å². The molecule has 0 fully saturated rings. The molecule has 1 atom stereocenters. The highest BCUT2D eigenvalue weighted by atomic mass is 32.2. The Kier molecular flexibility index (Phi) is 3.30. The summed E-state index contributed by atoms with van der Waals surface area (Å²) in [6.07, 6.45) is 1.84. The maximum Gasteiger partial charge on any atom is 0.267 e. The molecule has 1 unspecified atom stereocenters. The van der Waals surface area contributed by atoms with Gasteiger partial charge < -0.3 is 0 Å². The molecule has 0 bridgehead atoms. The predicted octanol–water partition coefficient (Wildman–Crippen LogP) is 0.683. The topological polar surface area (TPSA) is 61.9 Å². The van der Waals surface area contributed by atoms with E-state index in [9.17, 15) is 4.79 Å². The molecule has 15 heavy (non-hydrogen) atoms. The Hall–Kier alpha value is -0.750. The maximum atomic E-state index is 12.0. The van der Waals surface area contributed by atoms with Gasteiger partial charge in [0.15, 0.2) is 0 Å². The van der Waals surface area contributed by atoms with Crippen LogP contribution in [0.1, 0.15) is 20.8 Å². The van der Waals surface area contributed by atoms with Gasteiger partial charge in [0.25, 0.3) is 5.91 Å². The molecule has 5 nitrogen and oxygen atoms in total. The number of nitrogens with two attached hydrogens (primary N) is 1. The summed E-state index contributed by atoms with van der Waals surface area (Å²) >= 11 is 1.36. The van der Waals surface area contributed by atoms with Crippen LogP contribution in [0.25, 0.3) is 0 Å². The molecule has 0 saturated heterocycles. The second-order valence-corrected chi connectivity index (χ2v) is 5.41. The van der Waals surface area contributed by atoms with Crippen molar-refractivity contribution < 1.29 is 4.79 Å². The van der Waals surface area contributed by atoms with Crippen LogP contribution < -0.4 is 5.84 Å². The molecule has 1 aliphatic rings. The first-order valence-corrected chi connectivity index (χ1v) is 5.95. The van der Waals surface area contributed by atoms with Gasteiger partial charge in [0, 0.05) is 7.05 Å². The molecule has 86 valence electrons. The monoisotopic (exact) mass is 230 g/mol. The van der Waals surface area contributed by atoms with Gasteiger partial charge in [-0.2, -0.15) is 0 Å². The zero-order valence-corrected chi connectivity index (χ0v) is 10.6. The first-order chi connectivity index (χ1) is 6.79. The fourth-order valence-corrected chi connectivity index (χ4v) is 2.19. The number of thioether (sulfide) groups is 1. The third-order valence-electron chi connectivity index (χ3n) is 2.30. The lowest BCUT2D eigenvalue weighted by Crippen LogP contribution is -2.59. The standard InChI is InChI=1S/C9H18N4OS/c1-9(2,3)6-7(14)13(10)8(15-5)11-12(6)4/h6H,10H2,1-5H3. The molecule has 1 aliphatic heterocycles. The lowest BCUT2D eigenvalue weighted by Gasteiger charge is -2.40. The first-order valence-electron chi connectivity index (χ1n) is 4.73. The molecule has 0 aromatic carbocycles. The predicted molar refractivity (Wildman–Crippen MR) is 63.0 cm³/mol. The number of rotatable bonds is 0. The molecule has 0 spiro atoms. The molecule has 1 amide bonds. The van der Waals surface area contributed by atoms with Crippen LogP contribution in [-0.4, -0.2) is 40.4 Å². The van der Waals surface area contributed by atoms with Gasteiger partial charge in [-0.15, -0.1) is 5.10 Å². The van der Waals surface area contributed by atoms with E-state index in [-0.39, 0.29) is 17.4 Å². The highest BCUT2D eigenvalue weighted by molar-refractivity contribution is 8.13. The van der Waals surface area contributed by atoms with Gasteiger partial charge in [-0.25, -0.2) is 10.9 Å². The fourth-order valence-electron chi connectivity index (χ4n) is 1.70. The molecule has 2 N–H and O–H groups in total. The Bertz CT molecular complexity index is 297. The van der Waals surface area contributed by atoms with E-state index in [1.807, 2.05) is 27.0 Å². The highest BCUT2D eigenvalue weighted by Crippen LogP contribution is 2.28. The Balaban J connectivity index is 3.06. The minimum absolute atomic E-state index is 0.107. The molecular weight excluding hydrogens is 212 g/mol. The number of carbonyl (C=O) groups is 1. The molecule has 6 heteroatoms. The van der Waals surface area contributed by atoms with Crippen molar-refractivity contribution in [2.24, 2.45) is 16.4 Å². The second-order valence-electron chi connectivity index (χ2n) is 4.64. The number of nitrogens with zero attached hydrogens (tertiary/aromatic N) is 3. The Morgan fingerprint density at radius 2 is 2.00 bits per heavy atom. The van der Waals surface area contributed by atoms with Crippen LogP contribution in [0.3, 0.4) is 0 Å². The fraction of sp³-hybridized carbons (Fsp3) is 0.778. The summed E-state index contributed by atoms with van der Waals surface area (Å²) in [5.41, 5.74) is -0.184. The summed E-state index contributed by atoms with van der Waals surface area (Å²) in [4.78, 5) is 12.0. The molecular formula is C9H18N4OS. The summed E-state index contributed by atoms with van der Waals surface area (Å²) in [6, 6.07) is -0.307. The number of likely N-dealkylation sites (N-methyl/N-ethyl adjacent to an activating group) is 1. The van der Waals surface area contributed by atoms with Gasteiger partial charge >= 0.3 is 0 Å². The molecule has 0 saturated carbocycles. The van der Waals surface area contributed by atoms with Crippen molar-refractivity contribution in [3.63, 3.8) is 0 Å². The third-order valence-corrected chi connectivity index (χ3v) is 2.94. The van der Waals surface area contributed by atoms with E-state index in [0.717, 1.165) is 5.01 Å². The summed E-state index contributed by atoms with van der Waals surface area (Å²) in [7, 11) is 1.80. The van der Waals surface area contributed by atoms with Crippen LogP contribution in [0.4, 0.5) is 0 Å². The number of amides is 1. The minimum atomic E-state index is -0.307. The van der Waals surface area contributed by atoms with E-state index in [0.29, 0.717) is 5.17 Å². The van der Waals surface area contributed by atoms with Crippen molar-refractivity contribution in [1.82, 2.24) is 10.0 Å². The molecule has 0 aromatic rings. The van der Waals surface area contributed by atoms with Crippen LogP contribution >= 0.6 is 11.8 Å². The zero-order chi connectivity index (χ0) is 11.8. The van der Waals surface area contributed by atoms with E-state index in [1.54, 1.807) is 12.1 Å². The van der Waals surface area contributed by atoms with Crippen molar-refractivity contribution in [1.29, 1.82) is 0 Å². The molecule has 1 rings (SSSR count). The van der Waals surface area contributed by atoms with Crippen LogP contribution in [0.5, 0.6) is 0 Å². The van der Waals surface area contributed by atoms with E-state index >= 15 is 0 Å². The average Bonchev–Trinajstić information content (AvgIpc) is 2.09. The van der Waals surface area contributed by atoms with Crippen molar-refractivity contribution in [2.75, 3.05) is 13.3 Å². The maximum absolute atomic E-state index is 12.0. The minimum Gasteiger partial charge on any atom is -0.284 e. The quantitative estimate of drug-likeness (QED) is 0.491. The molecule has 1 heterocycles. The Morgan fingerprint density at radius 1 is 1.47 bits per heavy atom. The van der Waals surface area contributed by atoms with Gasteiger partial charge in [0.2, 0.25) is 5.17 Å². The van der Waals surface area contributed by atoms with Gasteiger partial charge in [-0.3, -0.25) is 9.80 Å². The van der Waals surface area contributed by atoms with Crippen LogP contribution in [-0.2, 0) is 4.79 Å². The van der Waals surface area contributed by atoms with Gasteiger partial charge in [-0.05, 0) is 11.7 Å². The lowest BCUT2D eigenvalue weighted by molar-refractivity contribution is -0.138. The van der Waals surface area contributed by atoms with Crippen LogP contribution in [0, 0.1) is 5.41 Å². The van der Waals surface area contributed by atoms with Crippen LogP contribution in [0.2, 0.25) is 0 Å². The molecule has 0 aromatic heterocycles. The largest absolute Gasteiger partial charge is 0.284 e. The normalized spacial score (nSPS) is 23.2. The Labute approximate surface area is 94.6 Å². The highest BCUT2D eigenvalue weighted by Gasteiger charge is 2.41. The second kappa shape index (κ2) is 4.02. The smallest absolute Gasteiger partial charge is 0.267 e. The molecule has 0 aliphatic carbocycles. The van der Waals surface area contributed by atoms with Crippen molar-refractivity contribution in [2.45, 2.75) is 26.8 Å². The van der Waals surface area contributed by atoms with Crippen molar-refractivity contribution in [3.05, 3.63) is 0 Å². The summed E-state index contributed by atoms with van der Waals surface area (Å²) in [5.74, 6) is 5.58. The van der Waals surface area contributed by atoms with E-state index in [1.165, 1.54) is 11.8 Å².